The molecule has 4 spiro atoms. The van der Waals surface area contributed by atoms with Gasteiger partial charge in [-0.2, -0.15) is 0 Å². The van der Waals surface area contributed by atoms with Gasteiger partial charge in [0.15, 0.2) is 0 Å². The molecule has 38 heteroatoms. The number of aliphatic hydroxyl groups is 1. The average Bonchev–Trinajstić information content (AvgIpc) is 1.47. The van der Waals surface area contributed by atoms with Gasteiger partial charge in [0.05, 0.1) is 145 Å². The smallest absolute Gasteiger partial charge is 0.404 e. The van der Waals surface area contributed by atoms with E-state index in [9.17, 15) is 77.0 Å². The minimum absolute atomic E-state index is 0.0543. The second-order valence-corrected chi connectivity index (χ2v) is 39.4. The van der Waals surface area contributed by atoms with Gasteiger partial charge in [0.25, 0.3) is 6.43 Å². The largest absolute Gasteiger partial charge is 0.573 e. The molecule has 9 heterocycles. The number of urea groups is 4. The standard InChI is InChI=1S/C25H28F4N4O3.C25H29F3N4O.C24H25F5N4O2.C22H28N6O2/c1-31(2)24(17-5-3-6-18(26)11-17)13-22(14-24)15-32(21(34)33(22)16-23(35)9-4-10-23)20-8-7-19(12-30-20)36-25(27,28)29;1-16-9-20(22(27)28)29-11-21(16)31-15-24(32(23(31)33)12-17-7-8-17)13-25(14-24,30(2)3)18-5-4-6-19(26)10-18;1-31(2)23(16-4-3-5-17(25)10-16)12-22(13-23)15-32(20(34)33(22)14-21(26)8-9-21)19-7-6-18(11-30-19)35-24(27,28)29;1-26(2)22(17-6-4-3-5-7-17)14-21(15-22)16-28(20(29)25-21)18-12-23-19(24-13-18)27-8-10-30-11-9-27/h3,5-8,11-12,35H,4,9-10,13-16H2,1-2H3;4-6,9-11,17,22H,7-8,12-15H2,1-3H3;3-7,10-11H,8-9,12-15H2,1-2H3;3-7,12-13H,8-11,14-16H2,1-2H3,(H,25,29). The van der Waals surface area contributed by atoms with Gasteiger partial charge in [-0.25, -0.2) is 65.5 Å². The SMILES string of the molecule is CN(C)C1(c2cccc(F)c2)CC2(CN(c3ccc(OC(F)(F)F)cn3)C(=O)N2CC2(F)CC2)C1.CN(C)C1(c2cccc(F)c2)CC2(CN(c3ccc(OC(F)(F)F)cn3)C(=O)N2CC2(O)CCC2)C1.CN(C)C1(c2ccccc2)CC2(CN(c3cnc(N4CCOCC4)nc3)C(=O)N2)C1.Cc1cc(C(F)F)ncc1N1CC2(CC(c3cccc(F)c3)(N(C)C)C2)N(CC2CC2)C1=O. The number of amides is 8. The third-order valence-corrected chi connectivity index (χ3v) is 29.8. The third kappa shape index (κ3) is 18.2. The number of rotatable bonds is 22. The molecule has 7 aliphatic carbocycles. The summed E-state index contributed by atoms with van der Waals surface area (Å²) >= 11 is 0. The van der Waals surface area contributed by atoms with Crippen molar-refractivity contribution in [1.82, 2.24) is 64.5 Å². The molecule has 7 saturated carbocycles. The topological polar surface area (TPSA) is 232 Å². The summed E-state index contributed by atoms with van der Waals surface area (Å²) in [4.78, 5) is 96.5. The first kappa shape index (κ1) is 94.6. The fraction of sp³-hybridized carbons (Fsp3) is 0.510. The summed E-state index contributed by atoms with van der Waals surface area (Å²) < 4.78 is 172. The second kappa shape index (κ2) is 35.2. The molecule has 0 atom stereocenters. The molecule has 12 aliphatic rings. The third-order valence-electron chi connectivity index (χ3n) is 29.8. The number of nitrogens with zero attached hydrogens (tertiary/aromatic N) is 17. The van der Waals surface area contributed by atoms with Crippen LogP contribution < -0.4 is 39.3 Å². The lowest BCUT2D eigenvalue weighted by Crippen LogP contribution is -2.69. The van der Waals surface area contributed by atoms with E-state index in [1.54, 1.807) is 63.2 Å². The van der Waals surface area contributed by atoms with Gasteiger partial charge in [0.2, 0.25) is 5.95 Å². The van der Waals surface area contributed by atoms with Crippen LogP contribution >= 0.6 is 0 Å². The molecule has 20 rings (SSSR count). The zero-order valence-electron chi connectivity index (χ0n) is 76.1. The van der Waals surface area contributed by atoms with Crippen molar-refractivity contribution < 1.29 is 91.2 Å². The van der Waals surface area contributed by atoms with Crippen LogP contribution in [0.1, 0.15) is 136 Å². The Balaban J connectivity index is 0.000000125. The minimum Gasteiger partial charge on any atom is -0.404 e. The second-order valence-electron chi connectivity index (χ2n) is 39.4. The average molecular weight is 1870 g/mol. The number of hydrogen-bond donors (Lipinski definition) is 2. The molecular formula is C96H110F12N18O8. The van der Waals surface area contributed by atoms with Gasteiger partial charge in [0, 0.05) is 19.6 Å². The van der Waals surface area contributed by atoms with E-state index in [2.05, 4.69) is 92.8 Å². The van der Waals surface area contributed by atoms with Gasteiger partial charge >= 0.3 is 36.8 Å². The van der Waals surface area contributed by atoms with E-state index >= 15 is 0 Å². The van der Waals surface area contributed by atoms with Gasteiger partial charge in [-0.3, -0.25) is 44.2 Å². The van der Waals surface area contributed by atoms with Gasteiger partial charge in [-0.1, -0.05) is 66.7 Å². The molecule has 2 N–H and O–H groups in total. The summed E-state index contributed by atoms with van der Waals surface area (Å²) in [7, 11) is 15.8. The molecule has 0 bridgehead atoms. The van der Waals surface area contributed by atoms with E-state index < -0.39 is 70.1 Å². The van der Waals surface area contributed by atoms with Gasteiger partial charge in [-0.15, -0.1) is 26.3 Å². The maximum Gasteiger partial charge on any atom is 0.573 e. The van der Waals surface area contributed by atoms with Crippen LogP contribution in [-0.4, -0.2) is 263 Å². The number of halogens is 12. The summed E-state index contributed by atoms with van der Waals surface area (Å²) in [5.41, 5.74) is -0.451. The number of ether oxygens (including phenoxy) is 3. The fourth-order valence-electron chi connectivity index (χ4n) is 22.1. The maximum atomic E-state index is 14.9. The predicted molar refractivity (Wildman–Crippen MR) is 475 cm³/mol. The Labute approximate surface area is 769 Å². The van der Waals surface area contributed by atoms with Crippen LogP contribution in [0.2, 0.25) is 0 Å². The van der Waals surface area contributed by atoms with Crippen molar-refractivity contribution in [1.29, 1.82) is 0 Å². The number of nitrogens with one attached hydrogen (secondary N) is 1. The summed E-state index contributed by atoms with van der Waals surface area (Å²) in [6, 6.07) is 35.2. The van der Waals surface area contributed by atoms with E-state index in [0.717, 1.165) is 92.1 Å². The van der Waals surface area contributed by atoms with Crippen molar-refractivity contribution in [3.8, 4) is 11.5 Å². The highest BCUT2D eigenvalue weighted by atomic mass is 19.4. The van der Waals surface area contributed by atoms with E-state index in [-0.39, 0.29) is 101 Å². The summed E-state index contributed by atoms with van der Waals surface area (Å²) in [5, 5.41) is 14.2. The first-order valence-corrected chi connectivity index (χ1v) is 45.0. The van der Waals surface area contributed by atoms with Gasteiger partial charge < -0.3 is 44.2 Å². The molecule has 26 nitrogen and oxygen atoms in total. The molecule has 8 aromatic rings. The number of pyridine rings is 3. The Morgan fingerprint density at radius 3 is 1.32 bits per heavy atom. The summed E-state index contributed by atoms with van der Waals surface area (Å²) in [6.45, 7) is 7.04. The molecule has 8 amide bonds. The molecule has 716 valence electrons. The lowest BCUT2D eigenvalue weighted by molar-refractivity contribution is -0.275. The normalized spacial score (nSPS) is 27.7. The van der Waals surface area contributed by atoms with E-state index in [1.807, 2.05) is 81.3 Å². The van der Waals surface area contributed by atoms with Crippen LogP contribution in [0.4, 0.5) is 101 Å². The first-order valence-electron chi connectivity index (χ1n) is 45.0. The summed E-state index contributed by atoms with van der Waals surface area (Å²) in [6.07, 6.45) is 4.48. The van der Waals surface area contributed by atoms with Crippen molar-refractivity contribution in [3.63, 3.8) is 0 Å². The van der Waals surface area contributed by atoms with Crippen molar-refractivity contribution in [2.24, 2.45) is 5.92 Å². The number of carbonyl (C=O) groups excluding carboxylic acids is 4. The number of alkyl halides is 9. The molecule has 134 heavy (non-hydrogen) atoms. The van der Waals surface area contributed by atoms with Crippen molar-refractivity contribution in [2.75, 3.05) is 153 Å². The number of benzene rings is 4. The van der Waals surface area contributed by atoms with Crippen LogP contribution in [0, 0.1) is 30.3 Å². The van der Waals surface area contributed by atoms with Gasteiger partial charge in [0.1, 0.15) is 51.9 Å². The monoisotopic (exact) mass is 1870 g/mol. The van der Waals surface area contributed by atoms with E-state index in [4.69, 9.17) is 4.74 Å². The highest BCUT2D eigenvalue weighted by Gasteiger charge is 2.70. The molecular weight excluding hydrogens is 1760 g/mol. The van der Waals surface area contributed by atoms with Crippen LogP contribution in [0.25, 0.3) is 0 Å². The minimum atomic E-state index is -4.86. The summed E-state index contributed by atoms with van der Waals surface area (Å²) in [5.74, 6) is -0.397. The quantitative estimate of drug-likeness (QED) is 0.0601. The lowest BCUT2D eigenvalue weighted by atomic mass is 9.58. The van der Waals surface area contributed by atoms with E-state index in [0.29, 0.717) is 120 Å². The van der Waals surface area contributed by atoms with Crippen LogP contribution in [0.3, 0.4) is 0 Å². The number of anilines is 5. The number of aryl methyl sites for hydroxylation is 1. The Morgan fingerprint density at radius 2 is 0.925 bits per heavy atom. The Kier molecular flexibility index (Phi) is 24.8. The van der Waals surface area contributed by atoms with Crippen LogP contribution in [0.15, 0.2) is 164 Å². The number of β-amino-alcohol motifs (C(OH)–C–C–N with tert-alkyl or cyclic N) is 1. The predicted octanol–water partition coefficient (Wildman–Crippen LogP) is 16.1. The highest BCUT2D eigenvalue weighted by molar-refractivity contribution is 5.98. The fourth-order valence-corrected chi connectivity index (χ4v) is 22.1. The van der Waals surface area contributed by atoms with Crippen molar-refractivity contribution >= 4 is 53.1 Å². The van der Waals surface area contributed by atoms with Crippen LogP contribution in [0.5, 0.6) is 11.5 Å². The molecule has 12 fully saturated rings. The molecule has 4 aromatic heterocycles. The van der Waals surface area contributed by atoms with Crippen LogP contribution in [-0.2, 0) is 26.9 Å². The van der Waals surface area contributed by atoms with E-state index in [1.165, 1.54) is 70.1 Å². The number of morpholine rings is 1. The highest BCUT2D eigenvalue weighted by Crippen LogP contribution is 2.63. The zero-order valence-corrected chi connectivity index (χ0v) is 76.1. The molecule has 0 radical (unpaired) electrons. The Hall–Kier alpha value is -11.2. The molecule has 5 aliphatic heterocycles. The zero-order chi connectivity index (χ0) is 95.5. The Morgan fingerprint density at radius 1 is 0.493 bits per heavy atom. The lowest BCUT2D eigenvalue weighted by Gasteiger charge is -2.61. The molecule has 4 aromatic carbocycles. The maximum absolute atomic E-state index is 14.9. The van der Waals surface area contributed by atoms with Crippen molar-refractivity contribution in [3.05, 3.63) is 215 Å². The Bertz CT molecular complexity index is 5630. The molecule has 5 saturated heterocycles. The van der Waals surface area contributed by atoms with Crippen molar-refractivity contribution in [2.45, 2.75) is 178 Å². The molecule has 0 unspecified atom stereocenters. The van der Waals surface area contributed by atoms with Gasteiger partial charge in [-0.05, 0) is 260 Å². The number of aromatic nitrogens is 5. The number of hydrogen-bond acceptors (Lipinski definition) is 18. The number of carbonyl (C=O) groups is 4. The first-order chi connectivity index (χ1) is 63.4.